The van der Waals surface area contributed by atoms with Gasteiger partial charge in [-0.15, -0.1) is 11.3 Å². The normalized spacial score (nSPS) is 18.9. The number of ether oxygens (including phenoxy) is 3. The van der Waals surface area contributed by atoms with Gasteiger partial charge in [-0.2, -0.15) is 0 Å². The molecule has 1 amide bonds. The lowest BCUT2D eigenvalue weighted by atomic mass is 9.85. The number of carbonyl (C=O) groups is 2. The molecular formula is C27H25NO6S. The Labute approximate surface area is 207 Å². The number of thiophene rings is 1. The molecule has 0 spiro atoms. The van der Waals surface area contributed by atoms with Crippen molar-refractivity contribution in [2.24, 2.45) is 0 Å². The van der Waals surface area contributed by atoms with E-state index >= 15 is 0 Å². The molecule has 1 saturated heterocycles. The molecule has 1 fully saturated rings. The number of aliphatic hydroxyl groups is 1. The van der Waals surface area contributed by atoms with Gasteiger partial charge in [-0.1, -0.05) is 32.9 Å². The van der Waals surface area contributed by atoms with Crippen molar-refractivity contribution in [2.75, 3.05) is 18.8 Å². The molecule has 2 aliphatic heterocycles. The van der Waals surface area contributed by atoms with E-state index in [4.69, 9.17) is 14.2 Å². The van der Waals surface area contributed by atoms with Crippen LogP contribution in [0.2, 0.25) is 0 Å². The summed E-state index contributed by atoms with van der Waals surface area (Å²) in [6, 6.07) is 13.5. The van der Waals surface area contributed by atoms with E-state index in [0.29, 0.717) is 28.5 Å². The summed E-state index contributed by atoms with van der Waals surface area (Å²) in [6.07, 6.45) is 0. The molecule has 5 rings (SSSR count). The van der Waals surface area contributed by atoms with Crippen molar-refractivity contribution < 1.29 is 28.9 Å². The number of aliphatic hydroxyl groups excluding tert-OH is 1. The number of rotatable bonds is 4. The van der Waals surface area contributed by atoms with Crippen LogP contribution in [0.3, 0.4) is 0 Å². The molecule has 8 heteroatoms. The minimum absolute atomic E-state index is 0.0134. The third kappa shape index (κ3) is 3.83. The van der Waals surface area contributed by atoms with Crippen LogP contribution < -0.4 is 19.1 Å². The second-order valence-corrected chi connectivity index (χ2v) is 10.4. The maximum Gasteiger partial charge on any atom is 0.300 e. The smallest absolute Gasteiger partial charge is 0.300 e. The summed E-state index contributed by atoms with van der Waals surface area (Å²) in [7, 11) is 1.50. The van der Waals surface area contributed by atoms with Crippen LogP contribution in [0.4, 0.5) is 5.69 Å². The minimum Gasteiger partial charge on any atom is -0.507 e. The average molecular weight is 492 g/mol. The number of nitrogens with zero attached hydrogens (tertiary/aromatic N) is 1. The fourth-order valence-electron chi connectivity index (χ4n) is 4.35. The molecule has 1 N–H and O–H groups in total. The molecule has 35 heavy (non-hydrogen) atoms. The average Bonchev–Trinajstić information content (AvgIpc) is 3.57. The lowest BCUT2D eigenvalue weighted by Gasteiger charge is -2.25. The van der Waals surface area contributed by atoms with Gasteiger partial charge in [-0.3, -0.25) is 14.5 Å². The van der Waals surface area contributed by atoms with Gasteiger partial charge in [0.25, 0.3) is 11.7 Å². The summed E-state index contributed by atoms with van der Waals surface area (Å²) >= 11 is 1.40. The van der Waals surface area contributed by atoms with Gasteiger partial charge in [-0.05, 0) is 46.7 Å². The highest BCUT2D eigenvalue weighted by Gasteiger charge is 2.48. The van der Waals surface area contributed by atoms with Crippen molar-refractivity contribution >= 4 is 34.5 Å². The van der Waals surface area contributed by atoms with Crippen LogP contribution in [-0.2, 0) is 15.0 Å². The predicted molar refractivity (Wildman–Crippen MR) is 133 cm³/mol. The first-order valence-corrected chi connectivity index (χ1v) is 12.0. The lowest BCUT2D eigenvalue weighted by Crippen LogP contribution is -2.29. The Kier molecular flexibility index (Phi) is 5.56. The van der Waals surface area contributed by atoms with Crippen molar-refractivity contribution in [2.45, 2.75) is 32.2 Å². The SMILES string of the molecule is COc1ccc(C(C)(C)C)cc1/C(O)=C1\C(=O)C(=O)N(c2ccc3c(c2)OCO3)C1c1cccs1. The molecule has 0 bridgehead atoms. The predicted octanol–water partition coefficient (Wildman–Crippen LogP) is 5.41. The summed E-state index contributed by atoms with van der Waals surface area (Å²) in [5.41, 5.74) is 1.61. The maximum atomic E-state index is 13.4. The zero-order chi connectivity index (χ0) is 24.9. The van der Waals surface area contributed by atoms with Gasteiger partial charge in [0.1, 0.15) is 17.6 Å². The van der Waals surface area contributed by atoms with Crippen molar-refractivity contribution in [1.82, 2.24) is 0 Å². The lowest BCUT2D eigenvalue weighted by molar-refractivity contribution is -0.132. The van der Waals surface area contributed by atoms with Gasteiger partial charge in [0.15, 0.2) is 11.5 Å². The van der Waals surface area contributed by atoms with Crippen molar-refractivity contribution in [3.05, 3.63) is 75.5 Å². The quantitative estimate of drug-likeness (QED) is 0.298. The third-order valence-electron chi connectivity index (χ3n) is 6.21. The number of fused-ring (bicyclic) bond motifs is 1. The highest BCUT2D eigenvalue weighted by atomic mass is 32.1. The number of hydrogen-bond acceptors (Lipinski definition) is 7. The van der Waals surface area contributed by atoms with Crippen LogP contribution in [-0.4, -0.2) is 30.7 Å². The number of amides is 1. The topological polar surface area (TPSA) is 85.3 Å². The summed E-state index contributed by atoms with van der Waals surface area (Å²) in [4.78, 5) is 28.9. The number of Topliss-reactive ketones (excluding diaryl/α,β-unsaturated/α-hetero) is 1. The molecule has 0 radical (unpaired) electrons. The van der Waals surface area contributed by atoms with Crippen LogP contribution >= 0.6 is 11.3 Å². The molecule has 7 nitrogen and oxygen atoms in total. The number of anilines is 1. The first-order valence-electron chi connectivity index (χ1n) is 11.1. The Morgan fingerprint density at radius 2 is 1.86 bits per heavy atom. The van der Waals surface area contributed by atoms with Crippen molar-refractivity contribution in [3.8, 4) is 17.2 Å². The Bertz CT molecular complexity index is 1350. The number of benzene rings is 2. The second-order valence-electron chi connectivity index (χ2n) is 9.39. The Hall–Kier alpha value is -3.78. The molecule has 1 aromatic heterocycles. The van der Waals surface area contributed by atoms with E-state index in [1.165, 1.54) is 23.3 Å². The largest absolute Gasteiger partial charge is 0.507 e. The zero-order valence-electron chi connectivity index (χ0n) is 19.8. The molecular weight excluding hydrogens is 466 g/mol. The van der Waals surface area contributed by atoms with E-state index in [1.807, 2.05) is 29.6 Å². The molecule has 2 aromatic carbocycles. The molecule has 0 aliphatic carbocycles. The number of methoxy groups -OCH3 is 1. The van der Waals surface area contributed by atoms with Crippen molar-refractivity contribution in [1.29, 1.82) is 0 Å². The summed E-state index contributed by atoms with van der Waals surface area (Å²) < 4.78 is 16.4. The van der Waals surface area contributed by atoms with Gasteiger partial charge in [0.2, 0.25) is 6.79 Å². The van der Waals surface area contributed by atoms with E-state index in [2.05, 4.69) is 20.8 Å². The van der Waals surface area contributed by atoms with E-state index in [-0.39, 0.29) is 23.5 Å². The molecule has 3 heterocycles. The standard InChI is InChI=1S/C27H25NO6S/c1-27(2,3)15-7-9-18(32-4)17(12-15)24(29)22-23(21-6-5-11-35-21)28(26(31)25(22)30)16-8-10-19-20(13-16)34-14-33-19/h5-13,23,29H,14H2,1-4H3/b24-22+. The van der Waals surface area contributed by atoms with E-state index in [1.54, 1.807) is 24.3 Å². The van der Waals surface area contributed by atoms with E-state index in [0.717, 1.165) is 10.4 Å². The monoisotopic (exact) mass is 491 g/mol. The Morgan fingerprint density at radius 1 is 1.09 bits per heavy atom. The number of ketones is 1. The van der Waals surface area contributed by atoms with Crippen LogP contribution in [0, 0.1) is 0 Å². The number of hydrogen-bond donors (Lipinski definition) is 1. The highest BCUT2D eigenvalue weighted by Crippen LogP contribution is 2.46. The zero-order valence-corrected chi connectivity index (χ0v) is 20.6. The summed E-state index contributed by atoms with van der Waals surface area (Å²) in [5.74, 6) is -0.283. The molecule has 1 atom stereocenters. The van der Waals surface area contributed by atoms with Gasteiger partial charge in [0, 0.05) is 16.6 Å². The second kappa shape index (κ2) is 8.46. The molecule has 1 unspecified atom stereocenters. The molecule has 0 saturated carbocycles. The van der Waals surface area contributed by atoms with Crippen LogP contribution in [0.25, 0.3) is 5.76 Å². The Balaban J connectivity index is 1.71. The minimum atomic E-state index is -0.807. The fourth-order valence-corrected chi connectivity index (χ4v) is 5.18. The van der Waals surface area contributed by atoms with Crippen LogP contribution in [0.15, 0.2) is 59.5 Å². The summed E-state index contributed by atoms with van der Waals surface area (Å²) in [5, 5.41) is 13.4. The number of carbonyl (C=O) groups excluding carboxylic acids is 2. The maximum absolute atomic E-state index is 13.4. The fraction of sp³-hybridized carbons (Fsp3) is 0.259. The first-order chi connectivity index (χ1) is 16.7. The highest BCUT2D eigenvalue weighted by molar-refractivity contribution is 7.10. The van der Waals surface area contributed by atoms with Crippen LogP contribution in [0.5, 0.6) is 17.2 Å². The van der Waals surface area contributed by atoms with Gasteiger partial charge in [0.05, 0.1) is 18.2 Å². The molecule has 180 valence electrons. The van der Waals surface area contributed by atoms with E-state index in [9.17, 15) is 14.7 Å². The Morgan fingerprint density at radius 3 is 2.54 bits per heavy atom. The van der Waals surface area contributed by atoms with Gasteiger partial charge < -0.3 is 19.3 Å². The van der Waals surface area contributed by atoms with Crippen molar-refractivity contribution in [3.63, 3.8) is 0 Å². The third-order valence-corrected chi connectivity index (χ3v) is 7.14. The van der Waals surface area contributed by atoms with E-state index < -0.39 is 17.7 Å². The molecule has 2 aliphatic rings. The van der Waals surface area contributed by atoms with Gasteiger partial charge in [-0.25, -0.2) is 0 Å². The molecule has 3 aromatic rings. The van der Waals surface area contributed by atoms with Gasteiger partial charge >= 0.3 is 0 Å². The van der Waals surface area contributed by atoms with Crippen LogP contribution in [0.1, 0.15) is 42.8 Å². The summed E-state index contributed by atoms with van der Waals surface area (Å²) in [6.45, 7) is 6.27. The first kappa shape index (κ1) is 23.0.